The van der Waals surface area contributed by atoms with Crippen LogP contribution in [0.15, 0.2) is 77.7 Å². The van der Waals surface area contributed by atoms with Gasteiger partial charge in [0, 0.05) is 12.6 Å². The average Bonchev–Trinajstić information content (AvgIpc) is 3.14. The summed E-state index contributed by atoms with van der Waals surface area (Å²) in [4.78, 5) is 29.0. The first-order chi connectivity index (χ1) is 16.2. The maximum absolute atomic E-state index is 12.6. The number of aromatic nitrogens is 2. The number of hydrazine groups is 1. The molecular weight excluding hydrogens is 478 g/mol. The second-order valence-electron chi connectivity index (χ2n) is 7.36. The number of carbonyl (C=O) groups is 2. The minimum Gasteiger partial charge on any atom is -0.331 e. The molecule has 1 heterocycles. The first-order valence-electron chi connectivity index (χ1n) is 10.1. The molecule has 34 heavy (non-hydrogen) atoms. The lowest BCUT2D eigenvalue weighted by atomic mass is 10.2. The van der Waals surface area contributed by atoms with Gasteiger partial charge in [0.15, 0.2) is 0 Å². The number of benzene rings is 3. The van der Waals surface area contributed by atoms with Crippen LogP contribution in [0.2, 0.25) is 5.02 Å². The number of hydrogen-bond donors (Lipinski definition) is 3. The molecule has 0 fully saturated rings. The minimum absolute atomic E-state index is 0.0314. The fourth-order valence-corrected chi connectivity index (χ4v) is 4.59. The van der Waals surface area contributed by atoms with Gasteiger partial charge in [-0.25, -0.2) is 13.4 Å². The van der Waals surface area contributed by atoms with Gasteiger partial charge in [-0.05, 0) is 48.5 Å². The number of amides is 2. The van der Waals surface area contributed by atoms with Gasteiger partial charge in [0.05, 0.1) is 33.1 Å². The van der Waals surface area contributed by atoms with Gasteiger partial charge in [-0.3, -0.25) is 25.2 Å². The average molecular weight is 498 g/mol. The van der Waals surface area contributed by atoms with E-state index in [1.807, 2.05) is 35.9 Å². The molecule has 0 bridgehead atoms. The highest BCUT2D eigenvalue weighted by Crippen LogP contribution is 2.24. The van der Waals surface area contributed by atoms with Gasteiger partial charge in [0.2, 0.25) is 5.91 Å². The van der Waals surface area contributed by atoms with E-state index < -0.39 is 21.8 Å². The van der Waals surface area contributed by atoms with Crippen LogP contribution in [-0.4, -0.2) is 29.8 Å². The van der Waals surface area contributed by atoms with Gasteiger partial charge in [0.25, 0.3) is 15.9 Å². The number of hydrogen-bond acceptors (Lipinski definition) is 5. The number of sulfonamides is 1. The van der Waals surface area contributed by atoms with Crippen molar-refractivity contribution in [3.05, 3.63) is 89.2 Å². The van der Waals surface area contributed by atoms with Gasteiger partial charge in [-0.2, -0.15) is 0 Å². The van der Waals surface area contributed by atoms with E-state index >= 15 is 0 Å². The van der Waals surface area contributed by atoms with E-state index in [2.05, 4.69) is 20.6 Å². The summed E-state index contributed by atoms with van der Waals surface area (Å²) >= 11 is 6.01. The lowest BCUT2D eigenvalue weighted by molar-refractivity contribution is -0.121. The Morgan fingerprint density at radius 2 is 1.62 bits per heavy atom. The third kappa shape index (κ3) is 5.03. The monoisotopic (exact) mass is 497 g/mol. The minimum atomic E-state index is -3.90. The summed E-state index contributed by atoms with van der Waals surface area (Å²) in [6.07, 6.45) is -0.0314. The number of anilines is 1. The third-order valence-electron chi connectivity index (χ3n) is 5.06. The number of nitrogens with one attached hydrogen (secondary N) is 3. The molecule has 0 saturated carbocycles. The number of rotatable bonds is 6. The van der Waals surface area contributed by atoms with Crippen LogP contribution >= 0.6 is 11.6 Å². The number of halogens is 1. The molecular formula is C23H20ClN5O4S. The largest absolute Gasteiger partial charge is 0.331 e. The van der Waals surface area contributed by atoms with Crippen LogP contribution in [0.25, 0.3) is 11.0 Å². The van der Waals surface area contributed by atoms with Gasteiger partial charge in [-0.15, -0.1) is 0 Å². The number of fused-ring (bicyclic) bond motifs is 1. The third-order valence-corrected chi connectivity index (χ3v) is 6.77. The van der Waals surface area contributed by atoms with E-state index in [0.29, 0.717) is 5.82 Å². The molecule has 0 unspecified atom stereocenters. The smallest absolute Gasteiger partial charge is 0.269 e. The van der Waals surface area contributed by atoms with Crippen molar-refractivity contribution in [2.45, 2.75) is 11.3 Å². The van der Waals surface area contributed by atoms with Crippen molar-refractivity contribution in [2.75, 3.05) is 4.72 Å². The number of nitrogens with zero attached hydrogens (tertiary/aromatic N) is 2. The van der Waals surface area contributed by atoms with Crippen molar-refractivity contribution in [1.29, 1.82) is 0 Å². The standard InChI is InChI=1S/C23H20ClN5O4S/c1-29-20-9-5-4-8-19(20)25-21(29)14-22(30)26-27-23(31)15-10-12-16(13-11-15)34(32,33)28-18-7-3-2-6-17(18)24/h2-13,28H,14H2,1H3,(H,26,30)(H,27,31). The number of para-hydroxylation sites is 3. The SMILES string of the molecule is Cn1c(CC(=O)NNC(=O)c2ccc(S(=O)(=O)Nc3ccccc3Cl)cc2)nc2ccccc21. The van der Waals surface area contributed by atoms with Crippen LogP contribution < -0.4 is 15.6 Å². The predicted molar refractivity (Wildman–Crippen MR) is 129 cm³/mol. The van der Waals surface area contributed by atoms with E-state index in [-0.39, 0.29) is 27.6 Å². The Labute approximate surface area is 200 Å². The summed E-state index contributed by atoms with van der Waals surface area (Å²) in [5.74, 6) is -0.496. The Morgan fingerprint density at radius 3 is 2.32 bits per heavy atom. The predicted octanol–water partition coefficient (Wildman–Crippen LogP) is 3.03. The molecule has 2 amide bonds. The van der Waals surface area contributed by atoms with Crippen molar-refractivity contribution in [2.24, 2.45) is 7.05 Å². The van der Waals surface area contributed by atoms with E-state index in [4.69, 9.17) is 11.6 Å². The van der Waals surface area contributed by atoms with Crippen molar-refractivity contribution in [1.82, 2.24) is 20.4 Å². The van der Waals surface area contributed by atoms with Gasteiger partial charge in [0.1, 0.15) is 5.82 Å². The van der Waals surface area contributed by atoms with Gasteiger partial charge in [-0.1, -0.05) is 35.9 Å². The molecule has 11 heteroatoms. The molecule has 9 nitrogen and oxygen atoms in total. The highest BCUT2D eigenvalue weighted by Gasteiger charge is 2.17. The van der Waals surface area contributed by atoms with Crippen LogP contribution in [0, 0.1) is 0 Å². The maximum atomic E-state index is 12.6. The normalized spacial score (nSPS) is 11.2. The summed E-state index contributed by atoms with van der Waals surface area (Å²) < 4.78 is 29.4. The molecule has 4 aromatic rings. The maximum Gasteiger partial charge on any atom is 0.269 e. The lowest BCUT2D eigenvalue weighted by Crippen LogP contribution is -2.42. The first-order valence-corrected chi connectivity index (χ1v) is 12.0. The Morgan fingerprint density at radius 1 is 0.941 bits per heavy atom. The Bertz CT molecular complexity index is 1480. The molecule has 0 aliphatic rings. The zero-order valence-electron chi connectivity index (χ0n) is 17.9. The summed E-state index contributed by atoms with van der Waals surface area (Å²) in [7, 11) is -2.09. The molecule has 3 N–H and O–H groups in total. The fourth-order valence-electron chi connectivity index (χ4n) is 3.27. The quantitative estimate of drug-likeness (QED) is 0.353. The molecule has 0 aliphatic carbocycles. The fraction of sp³-hybridized carbons (Fsp3) is 0.0870. The van der Waals surface area contributed by atoms with E-state index in [0.717, 1.165) is 11.0 Å². The summed E-state index contributed by atoms with van der Waals surface area (Å²) in [5, 5.41) is 0.261. The van der Waals surface area contributed by atoms with Crippen molar-refractivity contribution < 1.29 is 18.0 Å². The highest BCUT2D eigenvalue weighted by atomic mass is 35.5. The van der Waals surface area contributed by atoms with Crippen LogP contribution in [0.4, 0.5) is 5.69 Å². The zero-order valence-corrected chi connectivity index (χ0v) is 19.5. The molecule has 1 aromatic heterocycles. The molecule has 0 saturated heterocycles. The number of aryl methyl sites for hydroxylation is 1. The van der Waals surface area contributed by atoms with E-state index in [1.165, 1.54) is 30.3 Å². The van der Waals surface area contributed by atoms with Crippen LogP contribution in [-0.2, 0) is 28.3 Å². The lowest BCUT2D eigenvalue weighted by Gasteiger charge is -2.10. The summed E-state index contributed by atoms with van der Waals surface area (Å²) in [6.45, 7) is 0. The van der Waals surface area contributed by atoms with Crippen LogP contribution in [0.5, 0.6) is 0 Å². The Kier molecular flexibility index (Phi) is 6.53. The number of imidazole rings is 1. The molecule has 0 spiro atoms. The summed E-state index contributed by atoms with van der Waals surface area (Å²) in [6, 6.07) is 19.2. The van der Waals surface area contributed by atoms with Crippen LogP contribution in [0.3, 0.4) is 0 Å². The van der Waals surface area contributed by atoms with Gasteiger partial charge >= 0.3 is 0 Å². The Hall–Kier alpha value is -3.89. The molecule has 4 rings (SSSR count). The zero-order chi connectivity index (χ0) is 24.3. The molecule has 0 radical (unpaired) electrons. The number of carbonyl (C=O) groups excluding carboxylic acids is 2. The van der Waals surface area contributed by atoms with Gasteiger partial charge < -0.3 is 4.57 Å². The molecule has 0 atom stereocenters. The second-order valence-corrected chi connectivity index (χ2v) is 9.45. The first kappa shape index (κ1) is 23.3. The van der Waals surface area contributed by atoms with Crippen molar-refractivity contribution in [3.8, 4) is 0 Å². The van der Waals surface area contributed by atoms with E-state index in [1.54, 1.807) is 18.2 Å². The topological polar surface area (TPSA) is 122 Å². The highest BCUT2D eigenvalue weighted by molar-refractivity contribution is 7.92. The van der Waals surface area contributed by atoms with E-state index in [9.17, 15) is 18.0 Å². The Balaban J connectivity index is 1.36. The van der Waals surface area contributed by atoms with Crippen molar-refractivity contribution in [3.63, 3.8) is 0 Å². The summed E-state index contributed by atoms with van der Waals surface area (Å²) in [5.41, 5.74) is 6.75. The van der Waals surface area contributed by atoms with Crippen molar-refractivity contribution >= 4 is 50.2 Å². The van der Waals surface area contributed by atoms with Crippen LogP contribution in [0.1, 0.15) is 16.2 Å². The molecule has 174 valence electrons. The molecule has 3 aromatic carbocycles. The second kappa shape index (κ2) is 9.54. The molecule has 0 aliphatic heterocycles.